The SMILES string of the molecule is CN1C(=O)CC[C@@]2(C)C1=CC[C@@H]1[C@H]2CC[C@]2(C)C(NC(=O)c3ccccc3F)CC[C@@H]12. The van der Waals surface area contributed by atoms with Crippen molar-refractivity contribution in [2.24, 2.45) is 28.6 Å². The highest BCUT2D eigenvalue weighted by molar-refractivity contribution is 5.94. The fourth-order valence-electron chi connectivity index (χ4n) is 7.70. The lowest BCUT2D eigenvalue weighted by atomic mass is 9.49. The van der Waals surface area contributed by atoms with Crippen LogP contribution >= 0.6 is 0 Å². The van der Waals surface area contributed by atoms with Crippen molar-refractivity contribution in [3.05, 3.63) is 47.4 Å². The van der Waals surface area contributed by atoms with Crippen LogP contribution in [0.5, 0.6) is 0 Å². The predicted molar refractivity (Wildman–Crippen MR) is 118 cm³/mol. The molecule has 1 aromatic carbocycles. The van der Waals surface area contributed by atoms with Crippen LogP contribution in [-0.2, 0) is 4.79 Å². The Balaban J connectivity index is 1.38. The molecular weight excluding hydrogens is 391 g/mol. The number of fused-ring (bicyclic) bond motifs is 5. The first-order valence-electron chi connectivity index (χ1n) is 11.8. The van der Waals surface area contributed by atoms with E-state index in [1.807, 2.05) is 11.9 Å². The van der Waals surface area contributed by atoms with Gasteiger partial charge in [0.25, 0.3) is 5.91 Å². The predicted octanol–water partition coefficient (Wildman–Crippen LogP) is 4.91. The number of benzene rings is 1. The minimum atomic E-state index is -0.461. The largest absolute Gasteiger partial charge is 0.349 e. The van der Waals surface area contributed by atoms with Gasteiger partial charge in [-0.15, -0.1) is 0 Å². The molecule has 0 aromatic heterocycles. The van der Waals surface area contributed by atoms with Gasteiger partial charge in [-0.05, 0) is 73.8 Å². The molecule has 4 nitrogen and oxygen atoms in total. The number of hydrogen-bond acceptors (Lipinski definition) is 2. The van der Waals surface area contributed by atoms with Crippen molar-refractivity contribution in [3.63, 3.8) is 0 Å². The molecule has 0 radical (unpaired) electrons. The average Bonchev–Trinajstić information content (AvgIpc) is 3.07. The van der Waals surface area contributed by atoms with E-state index < -0.39 is 5.82 Å². The van der Waals surface area contributed by atoms with Gasteiger partial charge in [0.2, 0.25) is 5.91 Å². The maximum absolute atomic E-state index is 14.1. The topological polar surface area (TPSA) is 49.4 Å². The fourth-order valence-corrected chi connectivity index (χ4v) is 7.70. The van der Waals surface area contributed by atoms with Gasteiger partial charge < -0.3 is 10.2 Å². The second kappa shape index (κ2) is 7.18. The highest BCUT2D eigenvalue weighted by Crippen LogP contribution is 2.64. The molecule has 31 heavy (non-hydrogen) atoms. The standard InChI is InChI=1S/C26H33FN2O2/c1-25-14-12-19-16(8-11-22-26(19,2)15-13-23(30)29(22)3)18(25)9-10-21(25)28-24(31)17-6-4-5-7-20(17)27/h4-7,11,16,18-19,21H,8-10,12-15H2,1-3H3,(H,28,31)/t16-,18-,19+,21?,25-,26+/m0/s1. The third-order valence-corrected chi connectivity index (χ3v) is 9.44. The van der Waals surface area contributed by atoms with Crippen LogP contribution in [0.1, 0.15) is 69.2 Å². The molecule has 1 aliphatic heterocycles. The fraction of sp³-hybridized carbons (Fsp3) is 0.615. The Morgan fingerprint density at radius 1 is 1.13 bits per heavy atom. The molecule has 1 heterocycles. The van der Waals surface area contributed by atoms with Crippen LogP contribution in [0.4, 0.5) is 4.39 Å². The summed E-state index contributed by atoms with van der Waals surface area (Å²) in [6.45, 7) is 4.71. The number of likely N-dealkylation sites (tertiary alicyclic amines) is 1. The smallest absolute Gasteiger partial charge is 0.254 e. The average molecular weight is 425 g/mol. The van der Waals surface area contributed by atoms with E-state index >= 15 is 0 Å². The van der Waals surface area contributed by atoms with Crippen molar-refractivity contribution in [2.75, 3.05) is 7.05 Å². The van der Waals surface area contributed by atoms with Crippen LogP contribution in [0.15, 0.2) is 36.0 Å². The minimum absolute atomic E-state index is 0.0418. The Labute approximate surface area is 184 Å². The molecule has 2 saturated carbocycles. The molecule has 1 N–H and O–H groups in total. The van der Waals surface area contributed by atoms with Crippen molar-refractivity contribution >= 4 is 11.8 Å². The second-order valence-electron chi connectivity index (χ2n) is 10.7. The maximum Gasteiger partial charge on any atom is 0.254 e. The first-order chi connectivity index (χ1) is 14.8. The molecule has 4 aliphatic rings. The van der Waals surface area contributed by atoms with Crippen LogP contribution in [-0.4, -0.2) is 29.8 Å². The number of nitrogens with one attached hydrogen (secondary N) is 1. The number of rotatable bonds is 2. The Morgan fingerprint density at radius 3 is 2.68 bits per heavy atom. The lowest BCUT2D eigenvalue weighted by molar-refractivity contribution is -0.135. The van der Waals surface area contributed by atoms with Gasteiger partial charge in [-0.3, -0.25) is 9.59 Å². The van der Waals surface area contributed by atoms with Gasteiger partial charge in [-0.1, -0.05) is 32.1 Å². The zero-order valence-electron chi connectivity index (χ0n) is 18.8. The molecule has 5 heteroatoms. The molecule has 1 unspecified atom stereocenters. The summed E-state index contributed by atoms with van der Waals surface area (Å²) in [5.74, 6) is 1.20. The van der Waals surface area contributed by atoms with Gasteiger partial charge in [0.05, 0.1) is 5.56 Å². The van der Waals surface area contributed by atoms with Crippen LogP contribution in [0, 0.1) is 34.4 Å². The van der Waals surface area contributed by atoms with Gasteiger partial charge in [0, 0.05) is 30.6 Å². The summed E-state index contributed by atoms with van der Waals surface area (Å²) in [5.41, 5.74) is 1.48. The van der Waals surface area contributed by atoms with E-state index in [0.29, 0.717) is 24.2 Å². The summed E-state index contributed by atoms with van der Waals surface area (Å²) in [5, 5.41) is 3.20. The molecule has 5 rings (SSSR count). The molecular formula is C26H33FN2O2. The molecule has 1 aromatic rings. The van der Waals surface area contributed by atoms with E-state index in [1.54, 1.807) is 18.2 Å². The Hall–Kier alpha value is -2.17. The molecule has 166 valence electrons. The van der Waals surface area contributed by atoms with Crippen molar-refractivity contribution in [3.8, 4) is 0 Å². The summed E-state index contributed by atoms with van der Waals surface area (Å²) in [6, 6.07) is 6.31. The summed E-state index contributed by atoms with van der Waals surface area (Å²) in [6.07, 6.45) is 9.18. The van der Waals surface area contributed by atoms with Crippen molar-refractivity contribution in [1.29, 1.82) is 0 Å². The third-order valence-electron chi connectivity index (χ3n) is 9.44. The van der Waals surface area contributed by atoms with Crippen molar-refractivity contribution < 1.29 is 14.0 Å². The molecule has 0 bridgehead atoms. The van der Waals surface area contributed by atoms with Gasteiger partial charge in [0.1, 0.15) is 5.82 Å². The normalized spacial score (nSPS) is 39.3. The molecule has 2 amide bonds. The quantitative estimate of drug-likeness (QED) is 0.733. The Bertz CT molecular complexity index is 958. The van der Waals surface area contributed by atoms with Crippen molar-refractivity contribution in [2.45, 2.75) is 64.8 Å². The number of hydrogen-bond donors (Lipinski definition) is 1. The highest BCUT2D eigenvalue weighted by Gasteiger charge is 2.59. The van der Waals surface area contributed by atoms with Crippen LogP contribution in [0.25, 0.3) is 0 Å². The van der Waals surface area contributed by atoms with Gasteiger partial charge in [-0.25, -0.2) is 4.39 Å². The van der Waals surface area contributed by atoms with Crippen molar-refractivity contribution in [1.82, 2.24) is 10.2 Å². The number of carbonyl (C=O) groups is 2. The number of allylic oxidation sites excluding steroid dienone is 2. The Morgan fingerprint density at radius 2 is 1.90 bits per heavy atom. The monoisotopic (exact) mass is 424 g/mol. The molecule has 1 saturated heterocycles. The van der Waals surface area contributed by atoms with E-state index in [1.165, 1.54) is 11.8 Å². The summed E-state index contributed by atoms with van der Waals surface area (Å²) in [4.78, 5) is 27.0. The van der Waals surface area contributed by atoms with E-state index in [9.17, 15) is 14.0 Å². The van der Waals surface area contributed by atoms with E-state index in [0.717, 1.165) is 38.5 Å². The van der Waals surface area contributed by atoms with E-state index in [4.69, 9.17) is 0 Å². The first kappa shape index (κ1) is 20.7. The first-order valence-corrected chi connectivity index (χ1v) is 11.8. The number of nitrogens with zero attached hydrogens (tertiary/aromatic N) is 1. The zero-order chi connectivity index (χ0) is 22.0. The maximum atomic E-state index is 14.1. The van der Waals surface area contributed by atoms with Crippen LogP contribution in [0.2, 0.25) is 0 Å². The number of halogens is 1. The molecule has 3 fully saturated rings. The third kappa shape index (κ3) is 2.99. The lowest BCUT2D eigenvalue weighted by Crippen LogP contribution is -2.55. The summed E-state index contributed by atoms with van der Waals surface area (Å²) >= 11 is 0. The summed E-state index contributed by atoms with van der Waals surface area (Å²) in [7, 11) is 1.93. The van der Waals surface area contributed by atoms with E-state index in [2.05, 4.69) is 25.2 Å². The van der Waals surface area contributed by atoms with Gasteiger partial charge >= 0.3 is 0 Å². The van der Waals surface area contributed by atoms with Gasteiger partial charge in [0.15, 0.2) is 0 Å². The van der Waals surface area contributed by atoms with Gasteiger partial charge in [-0.2, -0.15) is 0 Å². The van der Waals surface area contributed by atoms with Crippen LogP contribution in [0.3, 0.4) is 0 Å². The molecule has 0 spiro atoms. The minimum Gasteiger partial charge on any atom is -0.349 e. The van der Waals surface area contributed by atoms with E-state index in [-0.39, 0.29) is 34.2 Å². The highest BCUT2D eigenvalue weighted by atomic mass is 19.1. The Kier molecular flexibility index (Phi) is 4.80. The zero-order valence-corrected chi connectivity index (χ0v) is 18.8. The number of piperidine rings is 1. The number of carbonyl (C=O) groups excluding carboxylic acids is 2. The van der Waals surface area contributed by atoms with Crippen LogP contribution < -0.4 is 5.32 Å². The summed E-state index contributed by atoms with van der Waals surface area (Å²) < 4.78 is 14.1. The number of amides is 2. The lowest BCUT2D eigenvalue weighted by Gasteiger charge is -2.58. The molecule has 6 atom stereocenters. The molecule has 3 aliphatic carbocycles. The second-order valence-corrected chi connectivity index (χ2v) is 10.7.